The molecule has 0 spiro atoms. The molecule has 0 aromatic carbocycles. The second kappa shape index (κ2) is 8.28. The maximum atomic E-state index is 13.3. The van der Waals surface area contributed by atoms with Gasteiger partial charge < -0.3 is 14.2 Å². The monoisotopic (exact) mass is 376 g/mol. The number of amides is 1. The van der Waals surface area contributed by atoms with E-state index in [1.807, 2.05) is 20.8 Å². The van der Waals surface area contributed by atoms with E-state index in [2.05, 4.69) is 0 Å². The first-order valence-electron chi connectivity index (χ1n) is 9.79. The van der Waals surface area contributed by atoms with E-state index in [1.165, 1.54) is 0 Å². The number of nitrogens with zero attached hydrogens (tertiary/aromatic N) is 2. The van der Waals surface area contributed by atoms with E-state index in [9.17, 15) is 14.4 Å². The number of ketones is 1. The highest BCUT2D eigenvalue weighted by Crippen LogP contribution is 2.33. The van der Waals surface area contributed by atoms with Gasteiger partial charge in [-0.05, 0) is 52.0 Å². The molecule has 1 unspecified atom stereocenters. The molecule has 1 amide bonds. The van der Waals surface area contributed by atoms with Crippen LogP contribution in [0.4, 0.5) is 0 Å². The minimum Gasteiger partial charge on any atom is -0.461 e. The molecule has 6 nitrogen and oxygen atoms in total. The third-order valence-corrected chi connectivity index (χ3v) is 5.26. The molecule has 0 aliphatic heterocycles. The number of aromatic nitrogens is 1. The maximum Gasteiger partial charge on any atom is 0.355 e. The van der Waals surface area contributed by atoms with E-state index < -0.39 is 12.0 Å². The second-order valence-corrected chi connectivity index (χ2v) is 7.91. The molecule has 1 aliphatic carbocycles. The summed E-state index contributed by atoms with van der Waals surface area (Å²) in [7, 11) is 1.76. The molecule has 0 bridgehead atoms. The van der Waals surface area contributed by atoms with Gasteiger partial charge in [0.05, 0.1) is 12.6 Å². The number of carbonyl (C=O) groups excluding carboxylic acids is 3. The highest BCUT2D eigenvalue weighted by Gasteiger charge is 2.38. The normalized spacial score (nSPS) is 15.0. The van der Waals surface area contributed by atoms with Gasteiger partial charge in [-0.2, -0.15) is 0 Å². The van der Waals surface area contributed by atoms with Crippen molar-refractivity contribution in [2.45, 2.75) is 60.4 Å². The van der Waals surface area contributed by atoms with Crippen LogP contribution in [0.5, 0.6) is 0 Å². The van der Waals surface area contributed by atoms with Crippen LogP contribution in [0.25, 0.3) is 0 Å². The Bertz CT molecular complexity index is 744. The van der Waals surface area contributed by atoms with Crippen molar-refractivity contribution >= 4 is 17.7 Å². The summed E-state index contributed by atoms with van der Waals surface area (Å²) in [6.07, 6.45) is 1.81. The Morgan fingerprint density at radius 1 is 1.19 bits per heavy atom. The van der Waals surface area contributed by atoms with Crippen LogP contribution in [0.2, 0.25) is 0 Å². The average Bonchev–Trinajstić information content (AvgIpc) is 3.40. The topological polar surface area (TPSA) is 68.6 Å². The standard InChI is InChI=1S/C21H32N2O4/c1-8-27-21(26)18-13(4)17(14(5)22(18)7)19(24)15(6)23(11-12(2)3)20(25)16-9-10-16/h12,15-16H,8-11H2,1-7H3. The molecule has 0 saturated heterocycles. The number of hydrogen-bond donors (Lipinski definition) is 0. The van der Waals surface area contributed by atoms with Crippen molar-refractivity contribution in [1.29, 1.82) is 0 Å². The fourth-order valence-electron chi connectivity index (χ4n) is 3.58. The number of esters is 1. The van der Waals surface area contributed by atoms with Crippen LogP contribution >= 0.6 is 0 Å². The predicted octanol–water partition coefficient (Wildman–Crippen LogP) is 3.28. The summed E-state index contributed by atoms with van der Waals surface area (Å²) < 4.78 is 6.85. The van der Waals surface area contributed by atoms with Gasteiger partial charge >= 0.3 is 5.97 Å². The van der Waals surface area contributed by atoms with Gasteiger partial charge in [0.1, 0.15) is 5.69 Å². The minimum atomic E-state index is -0.560. The lowest BCUT2D eigenvalue weighted by Crippen LogP contribution is -2.46. The Hall–Kier alpha value is -2.11. The Kier molecular flexibility index (Phi) is 6.50. The van der Waals surface area contributed by atoms with Gasteiger partial charge in [-0.15, -0.1) is 0 Å². The van der Waals surface area contributed by atoms with E-state index in [4.69, 9.17) is 4.74 Å². The van der Waals surface area contributed by atoms with Gasteiger partial charge in [0, 0.05) is 30.8 Å². The van der Waals surface area contributed by atoms with Crippen LogP contribution in [0.15, 0.2) is 0 Å². The fraction of sp³-hybridized carbons (Fsp3) is 0.667. The summed E-state index contributed by atoms with van der Waals surface area (Å²) in [5.74, 6) is -0.143. The zero-order chi connectivity index (χ0) is 20.5. The molecule has 150 valence electrons. The molecule has 1 saturated carbocycles. The van der Waals surface area contributed by atoms with E-state index in [1.54, 1.807) is 37.3 Å². The molecule has 1 aromatic heterocycles. The van der Waals surface area contributed by atoms with Crippen molar-refractivity contribution in [3.63, 3.8) is 0 Å². The molecule has 1 atom stereocenters. The molecule has 2 rings (SSSR count). The van der Waals surface area contributed by atoms with Crippen molar-refractivity contribution in [2.75, 3.05) is 13.2 Å². The van der Waals surface area contributed by atoms with Gasteiger partial charge in [0.15, 0.2) is 5.78 Å². The highest BCUT2D eigenvalue weighted by atomic mass is 16.5. The second-order valence-electron chi connectivity index (χ2n) is 7.91. The summed E-state index contributed by atoms with van der Waals surface area (Å²) in [5.41, 5.74) is 2.25. The first-order chi connectivity index (χ1) is 12.6. The predicted molar refractivity (Wildman–Crippen MR) is 104 cm³/mol. The number of hydrogen-bond acceptors (Lipinski definition) is 4. The number of Topliss-reactive ketones (excluding diaryl/α,β-unsaturated/α-hetero) is 1. The van der Waals surface area contributed by atoms with Crippen molar-refractivity contribution in [1.82, 2.24) is 9.47 Å². The van der Waals surface area contributed by atoms with Gasteiger partial charge in [-0.25, -0.2) is 4.79 Å². The Morgan fingerprint density at radius 2 is 1.78 bits per heavy atom. The average molecular weight is 376 g/mol. The number of ether oxygens (including phenoxy) is 1. The van der Waals surface area contributed by atoms with E-state index in [0.717, 1.165) is 18.5 Å². The van der Waals surface area contributed by atoms with E-state index >= 15 is 0 Å². The van der Waals surface area contributed by atoms with Crippen LogP contribution in [0, 0.1) is 25.7 Å². The van der Waals surface area contributed by atoms with Crippen LogP contribution in [0.1, 0.15) is 72.6 Å². The lowest BCUT2D eigenvalue weighted by atomic mass is 9.98. The van der Waals surface area contributed by atoms with Gasteiger partial charge in [0.25, 0.3) is 0 Å². The fourth-order valence-corrected chi connectivity index (χ4v) is 3.58. The molecule has 27 heavy (non-hydrogen) atoms. The quantitative estimate of drug-likeness (QED) is 0.516. The summed E-state index contributed by atoms with van der Waals surface area (Å²) in [6.45, 7) is 12.1. The molecule has 0 radical (unpaired) electrons. The molecule has 1 fully saturated rings. The lowest BCUT2D eigenvalue weighted by molar-refractivity contribution is -0.134. The SMILES string of the molecule is CCOC(=O)c1c(C)c(C(=O)C(C)N(CC(C)C)C(=O)C2CC2)c(C)n1C. The zero-order valence-electron chi connectivity index (χ0n) is 17.6. The third kappa shape index (κ3) is 4.25. The maximum absolute atomic E-state index is 13.3. The Morgan fingerprint density at radius 3 is 2.26 bits per heavy atom. The van der Waals surface area contributed by atoms with E-state index in [-0.39, 0.29) is 30.1 Å². The van der Waals surface area contributed by atoms with Gasteiger partial charge in [-0.3, -0.25) is 9.59 Å². The Balaban J connectivity index is 2.38. The summed E-state index contributed by atoms with van der Waals surface area (Å²) in [4.78, 5) is 40.1. The van der Waals surface area contributed by atoms with Gasteiger partial charge in [0.2, 0.25) is 5.91 Å². The highest BCUT2D eigenvalue weighted by molar-refractivity contribution is 6.06. The summed E-state index contributed by atoms with van der Waals surface area (Å²) in [5, 5.41) is 0. The number of rotatable bonds is 8. The Labute approximate surface area is 161 Å². The van der Waals surface area contributed by atoms with Crippen LogP contribution in [0.3, 0.4) is 0 Å². The first-order valence-corrected chi connectivity index (χ1v) is 9.79. The third-order valence-electron chi connectivity index (χ3n) is 5.26. The smallest absolute Gasteiger partial charge is 0.355 e. The zero-order valence-corrected chi connectivity index (χ0v) is 17.6. The summed E-state index contributed by atoms with van der Waals surface area (Å²) >= 11 is 0. The lowest BCUT2D eigenvalue weighted by Gasteiger charge is -2.30. The number of carbonyl (C=O) groups is 3. The summed E-state index contributed by atoms with van der Waals surface area (Å²) in [6, 6.07) is -0.560. The van der Waals surface area contributed by atoms with Crippen molar-refractivity contribution < 1.29 is 19.1 Å². The van der Waals surface area contributed by atoms with Crippen LogP contribution in [-0.2, 0) is 16.6 Å². The van der Waals surface area contributed by atoms with Crippen LogP contribution < -0.4 is 0 Å². The molecule has 6 heteroatoms. The molecule has 1 aromatic rings. The minimum absolute atomic E-state index is 0.0621. The van der Waals surface area contributed by atoms with Gasteiger partial charge in [-0.1, -0.05) is 13.8 Å². The molecular weight excluding hydrogens is 344 g/mol. The van der Waals surface area contributed by atoms with E-state index in [0.29, 0.717) is 23.4 Å². The van der Waals surface area contributed by atoms with Crippen molar-refractivity contribution in [2.24, 2.45) is 18.9 Å². The molecule has 1 heterocycles. The van der Waals surface area contributed by atoms with Crippen molar-refractivity contribution in [3.05, 3.63) is 22.5 Å². The van der Waals surface area contributed by atoms with Crippen molar-refractivity contribution in [3.8, 4) is 0 Å². The molecule has 0 N–H and O–H groups in total. The molecule has 1 aliphatic rings. The largest absolute Gasteiger partial charge is 0.461 e. The first kappa shape index (κ1) is 21.2. The van der Waals surface area contributed by atoms with Crippen LogP contribution in [-0.4, -0.2) is 46.3 Å². The molecular formula is C21H32N2O4.